The Morgan fingerprint density at radius 3 is 2.68 bits per heavy atom. The van der Waals surface area contributed by atoms with Crippen LogP contribution in [-0.2, 0) is 11.2 Å². The van der Waals surface area contributed by atoms with Crippen molar-refractivity contribution < 1.29 is 4.79 Å². The van der Waals surface area contributed by atoms with Gasteiger partial charge >= 0.3 is 0 Å². The zero-order valence-corrected chi connectivity index (χ0v) is 17.0. The van der Waals surface area contributed by atoms with Crippen LogP contribution < -0.4 is 10.9 Å². The van der Waals surface area contributed by atoms with Crippen molar-refractivity contribution in [3.05, 3.63) is 76.2 Å². The number of anilines is 1. The summed E-state index contributed by atoms with van der Waals surface area (Å²) in [5, 5.41) is 14.3. The highest BCUT2D eigenvalue weighted by Gasteiger charge is 2.12. The predicted molar refractivity (Wildman–Crippen MR) is 114 cm³/mol. The fourth-order valence-corrected chi connectivity index (χ4v) is 3.20. The van der Waals surface area contributed by atoms with E-state index in [4.69, 9.17) is 0 Å². The quantitative estimate of drug-likeness (QED) is 0.491. The molecule has 0 aliphatic carbocycles. The van der Waals surface area contributed by atoms with Gasteiger partial charge in [0.25, 0.3) is 5.56 Å². The van der Waals surface area contributed by atoms with Crippen LogP contribution in [0.2, 0.25) is 0 Å². The Hall–Kier alpha value is -4.21. The molecule has 3 heterocycles. The predicted octanol–water partition coefficient (Wildman–Crippen LogP) is 2.00. The molecule has 31 heavy (non-hydrogen) atoms. The van der Waals surface area contributed by atoms with E-state index < -0.39 is 0 Å². The van der Waals surface area contributed by atoms with Gasteiger partial charge < -0.3 is 10.3 Å². The van der Waals surface area contributed by atoms with Crippen molar-refractivity contribution in [1.82, 2.24) is 35.2 Å². The molecule has 10 heteroatoms. The van der Waals surface area contributed by atoms with E-state index in [-0.39, 0.29) is 24.3 Å². The van der Waals surface area contributed by atoms with Crippen molar-refractivity contribution in [2.75, 3.05) is 5.32 Å². The van der Waals surface area contributed by atoms with Crippen LogP contribution in [0, 0.1) is 13.8 Å². The number of tetrazole rings is 1. The maximum absolute atomic E-state index is 12.5. The minimum Gasteiger partial charge on any atom is -0.326 e. The normalized spacial score (nSPS) is 10.8. The molecule has 1 amide bonds. The summed E-state index contributed by atoms with van der Waals surface area (Å²) < 4.78 is 1.58. The molecule has 0 radical (unpaired) electrons. The fraction of sp³-hybridized carbons (Fsp3) is 0.190. The lowest BCUT2D eigenvalue weighted by molar-refractivity contribution is -0.116. The van der Waals surface area contributed by atoms with Crippen molar-refractivity contribution in [3.63, 3.8) is 0 Å². The summed E-state index contributed by atoms with van der Waals surface area (Å²) in [5.41, 5.74) is 2.98. The zero-order valence-electron chi connectivity index (χ0n) is 17.0. The van der Waals surface area contributed by atoms with E-state index in [9.17, 15) is 9.59 Å². The van der Waals surface area contributed by atoms with Crippen LogP contribution in [-0.4, -0.2) is 41.1 Å². The van der Waals surface area contributed by atoms with Gasteiger partial charge in [-0.3, -0.25) is 14.6 Å². The third-order valence-corrected chi connectivity index (χ3v) is 4.78. The summed E-state index contributed by atoms with van der Waals surface area (Å²) >= 11 is 0. The van der Waals surface area contributed by atoms with Crippen molar-refractivity contribution in [2.45, 2.75) is 26.7 Å². The van der Waals surface area contributed by atoms with Gasteiger partial charge in [-0.15, -0.1) is 5.10 Å². The minimum absolute atomic E-state index is 0.147. The Kier molecular flexibility index (Phi) is 5.61. The number of pyridine rings is 1. The number of aromatic nitrogens is 7. The molecule has 0 unspecified atom stereocenters. The first-order valence-corrected chi connectivity index (χ1v) is 9.67. The Balaban J connectivity index is 1.44. The van der Waals surface area contributed by atoms with Gasteiger partial charge in [0.1, 0.15) is 5.82 Å². The molecule has 3 aromatic heterocycles. The number of hydrogen-bond acceptors (Lipinski definition) is 7. The first-order chi connectivity index (χ1) is 15.0. The molecule has 0 saturated heterocycles. The van der Waals surface area contributed by atoms with E-state index in [1.807, 2.05) is 12.1 Å². The van der Waals surface area contributed by atoms with Crippen molar-refractivity contribution in [2.24, 2.45) is 0 Å². The lowest BCUT2D eigenvalue weighted by Gasteiger charge is -2.09. The van der Waals surface area contributed by atoms with Crippen LogP contribution in [0.4, 0.5) is 5.69 Å². The van der Waals surface area contributed by atoms with Crippen LogP contribution in [0.25, 0.3) is 17.1 Å². The maximum Gasteiger partial charge on any atom is 0.254 e. The second-order valence-corrected chi connectivity index (χ2v) is 6.95. The number of carbonyl (C=O) groups is 1. The molecule has 4 aromatic rings. The number of carbonyl (C=O) groups excluding carboxylic acids is 1. The topological polar surface area (TPSA) is 131 Å². The molecule has 0 fully saturated rings. The zero-order chi connectivity index (χ0) is 21.8. The molecule has 4 rings (SSSR count). The number of aryl methyl sites for hydroxylation is 2. The van der Waals surface area contributed by atoms with Crippen molar-refractivity contribution in [3.8, 4) is 17.1 Å². The smallest absolute Gasteiger partial charge is 0.254 e. The number of hydrogen-bond donors (Lipinski definition) is 2. The maximum atomic E-state index is 12.5. The summed E-state index contributed by atoms with van der Waals surface area (Å²) in [6.07, 6.45) is 3.70. The lowest BCUT2D eigenvalue weighted by atomic mass is 10.1. The van der Waals surface area contributed by atoms with Crippen LogP contribution in [0.3, 0.4) is 0 Å². The molecule has 0 aliphatic rings. The summed E-state index contributed by atoms with van der Waals surface area (Å²) in [6, 6.07) is 10.8. The molecule has 2 N–H and O–H groups in total. The SMILES string of the molecule is Cc1nc(-c2ccncc2)[nH]c(=O)c1CCC(=O)Nc1cccc(-n2nnnc2C)c1. The van der Waals surface area contributed by atoms with Crippen molar-refractivity contribution in [1.29, 1.82) is 0 Å². The van der Waals surface area contributed by atoms with Gasteiger partial charge in [0.15, 0.2) is 5.82 Å². The van der Waals surface area contributed by atoms with Gasteiger partial charge in [-0.05, 0) is 61.0 Å². The Labute approximate surface area is 177 Å². The highest BCUT2D eigenvalue weighted by Crippen LogP contribution is 2.16. The van der Waals surface area contributed by atoms with Crippen LogP contribution >= 0.6 is 0 Å². The van der Waals surface area contributed by atoms with Gasteiger partial charge in [-0.2, -0.15) is 4.68 Å². The number of aromatic amines is 1. The highest BCUT2D eigenvalue weighted by atomic mass is 16.1. The Morgan fingerprint density at radius 2 is 1.97 bits per heavy atom. The van der Waals surface area contributed by atoms with E-state index in [0.29, 0.717) is 28.6 Å². The molecule has 0 atom stereocenters. The Bertz CT molecular complexity index is 1280. The standard InChI is InChI=1S/C21H20N8O2/c1-13-18(21(31)25-20(23-13)15-8-10-22-11-9-15)6-7-19(30)24-16-4-3-5-17(12-16)29-14(2)26-27-28-29/h3-5,8-12H,6-7H2,1-2H3,(H,24,30)(H,23,25,31). The average Bonchev–Trinajstić information content (AvgIpc) is 3.20. The molecule has 0 bridgehead atoms. The number of rotatable bonds is 6. The summed E-state index contributed by atoms with van der Waals surface area (Å²) in [7, 11) is 0. The number of nitrogens with one attached hydrogen (secondary N) is 2. The summed E-state index contributed by atoms with van der Waals surface area (Å²) in [6.45, 7) is 3.56. The van der Waals surface area contributed by atoms with E-state index in [0.717, 1.165) is 11.3 Å². The van der Waals surface area contributed by atoms with Gasteiger partial charge in [-0.1, -0.05) is 6.07 Å². The third-order valence-electron chi connectivity index (χ3n) is 4.78. The molecular weight excluding hydrogens is 396 g/mol. The third kappa shape index (κ3) is 4.53. The second-order valence-electron chi connectivity index (χ2n) is 6.95. The van der Waals surface area contributed by atoms with Crippen molar-refractivity contribution >= 4 is 11.6 Å². The van der Waals surface area contributed by atoms with E-state index in [2.05, 4.69) is 35.8 Å². The molecule has 10 nitrogen and oxygen atoms in total. The number of nitrogens with zero attached hydrogens (tertiary/aromatic N) is 6. The summed E-state index contributed by atoms with van der Waals surface area (Å²) in [4.78, 5) is 36.2. The van der Waals surface area contributed by atoms with E-state index in [1.54, 1.807) is 55.2 Å². The monoisotopic (exact) mass is 416 g/mol. The second kappa shape index (κ2) is 8.66. The minimum atomic E-state index is -0.247. The number of amides is 1. The highest BCUT2D eigenvalue weighted by molar-refractivity contribution is 5.91. The molecule has 156 valence electrons. The molecule has 0 spiro atoms. The number of H-pyrrole nitrogens is 1. The summed E-state index contributed by atoms with van der Waals surface area (Å²) in [5.74, 6) is 0.913. The van der Waals surface area contributed by atoms with Crippen LogP contribution in [0.1, 0.15) is 23.5 Å². The van der Waals surface area contributed by atoms with Gasteiger partial charge in [0, 0.05) is 41.3 Å². The van der Waals surface area contributed by atoms with E-state index in [1.165, 1.54) is 0 Å². The first-order valence-electron chi connectivity index (χ1n) is 9.67. The van der Waals surface area contributed by atoms with Gasteiger partial charge in [0.2, 0.25) is 5.91 Å². The molecular formula is C21H20N8O2. The van der Waals surface area contributed by atoms with Crippen LogP contribution in [0.5, 0.6) is 0 Å². The largest absolute Gasteiger partial charge is 0.326 e. The van der Waals surface area contributed by atoms with E-state index >= 15 is 0 Å². The molecule has 0 saturated carbocycles. The number of benzene rings is 1. The Morgan fingerprint density at radius 1 is 1.16 bits per heavy atom. The lowest BCUT2D eigenvalue weighted by Crippen LogP contribution is -2.20. The van der Waals surface area contributed by atoms with Gasteiger partial charge in [-0.25, -0.2) is 4.98 Å². The fourth-order valence-electron chi connectivity index (χ4n) is 3.20. The van der Waals surface area contributed by atoms with Gasteiger partial charge in [0.05, 0.1) is 5.69 Å². The molecule has 0 aliphatic heterocycles. The first kappa shape index (κ1) is 20.1. The van der Waals surface area contributed by atoms with Crippen LogP contribution in [0.15, 0.2) is 53.6 Å². The average molecular weight is 416 g/mol. The molecule has 1 aromatic carbocycles.